The molecule has 0 amide bonds. The zero-order chi connectivity index (χ0) is 8.70. The highest BCUT2D eigenvalue weighted by Gasteiger charge is 2.57. The van der Waals surface area contributed by atoms with E-state index >= 15 is 0 Å². The normalized spacial score (nSPS) is 39.5. The molecular formula is C6H10F3NO. The van der Waals surface area contributed by atoms with Crippen molar-refractivity contribution >= 4 is 0 Å². The van der Waals surface area contributed by atoms with Crippen LogP contribution in [0.3, 0.4) is 0 Å². The molecule has 1 heterocycles. The molecule has 0 aromatic rings. The van der Waals surface area contributed by atoms with Crippen LogP contribution in [0.5, 0.6) is 0 Å². The van der Waals surface area contributed by atoms with Crippen molar-refractivity contribution in [2.24, 2.45) is 0 Å². The minimum Gasteiger partial charge on any atom is -0.391 e. The lowest BCUT2D eigenvalue weighted by Gasteiger charge is -2.30. The predicted octanol–water partition coefficient (Wildman–Crippen LogP) is 0.662. The summed E-state index contributed by atoms with van der Waals surface area (Å²) < 4.78 is 36.5. The third-order valence-electron chi connectivity index (χ3n) is 2.17. The molecule has 1 saturated heterocycles. The number of alkyl halides is 3. The molecule has 1 rings (SSSR count). The molecule has 2 nitrogen and oxygen atoms in total. The van der Waals surface area contributed by atoms with Gasteiger partial charge in [-0.2, -0.15) is 13.2 Å². The van der Waals surface area contributed by atoms with E-state index < -0.39 is 17.8 Å². The summed E-state index contributed by atoms with van der Waals surface area (Å²) in [4.78, 5) is 0. The van der Waals surface area contributed by atoms with Crippen LogP contribution < -0.4 is 5.32 Å². The smallest absolute Gasteiger partial charge is 0.391 e. The van der Waals surface area contributed by atoms with E-state index in [9.17, 15) is 13.2 Å². The van der Waals surface area contributed by atoms with E-state index in [1.165, 1.54) is 0 Å². The average Bonchev–Trinajstić information content (AvgIpc) is 2.12. The monoisotopic (exact) mass is 169 g/mol. The number of aliphatic hydroxyl groups excluding tert-OH is 1. The molecule has 0 aromatic heterocycles. The van der Waals surface area contributed by atoms with Crippen molar-refractivity contribution in [2.75, 3.05) is 6.54 Å². The van der Waals surface area contributed by atoms with E-state index in [0.717, 1.165) is 6.92 Å². The molecular weight excluding hydrogens is 159 g/mol. The van der Waals surface area contributed by atoms with Crippen LogP contribution in [-0.2, 0) is 0 Å². The Hall–Kier alpha value is -0.290. The fourth-order valence-electron chi connectivity index (χ4n) is 1.16. The molecule has 0 bridgehead atoms. The summed E-state index contributed by atoms with van der Waals surface area (Å²) in [6, 6.07) is 0. The van der Waals surface area contributed by atoms with Crippen LogP contribution in [0.1, 0.15) is 13.3 Å². The van der Waals surface area contributed by atoms with Crippen LogP contribution in [0, 0.1) is 0 Å². The molecule has 1 aliphatic rings. The topological polar surface area (TPSA) is 32.3 Å². The summed E-state index contributed by atoms with van der Waals surface area (Å²) in [5, 5.41) is 11.2. The van der Waals surface area contributed by atoms with E-state index in [-0.39, 0.29) is 13.0 Å². The molecule has 0 aromatic carbocycles. The lowest BCUT2D eigenvalue weighted by Crippen LogP contribution is -2.56. The molecule has 0 aliphatic carbocycles. The third kappa shape index (κ3) is 1.22. The van der Waals surface area contributed by atoms with Crippen molar-refractivity contribution in [1.29, 1.82) is 0 Å². The number of halogens is 3. The molecule has 0 saturated carbocycles. The van der Waals surface area contributed by atoms with Crippen molar-refractivity contribution in [2.45, 2.75) is 31.2 Å². The Balaban J connectivity index is 2.81. The zero-order valence-corrected chi connectivity index (χ0v) is 6.07. The molecule has 0 spiro atoms. The van der Waals surface area contributed by atoms with Crippen molar-refractivity contribution in [3.8, 4) is 0 Å². The van der Waals surface area contributed by atoms with Crippen molar-refractivity contribution in [3.63, 3.8) is 0 Å². The van der Waals surface area contributed by atoms with Crippen molar-refractivity contribution < 1.29 is 18.3 Å². The lowest BCUT2D eigenvalue weighted by molar-refractivity contribution is -0.207. The van der Waals surface area contributed by atoms with E-state index in [1.807, 2.05) is 0 Å². The fraction of sp³-hybridized carbons (Fsp3) is 1.00. The van der Waals surface area contributed by atoms with Crippen LogP contribution >= 0.6 is 0 Å². The first-order chi connectivity index (χ1) is 4.88. The van der Waals surface area contributed by atoms with Gasteiger partial charge in [-0.15, -0.1) is 0 Å². The number of hydrogen-bond donors (Lipinski definition) is 2. The highest BCUT2D eigenvalue weighted by atomic mass is 19.4. The summed E-state index contributed by atoms with van der Waals surface area (Å²) >= 11 is 0. The van der Waals surface area contributed by atoms with Gasteiger partial charge in [0.15, 0.2) is 0 Å². The number of nitrogens with one attached hydrogen (secondary N) is 1. The van der Waals surface area contributed by atoms with E-state index in [2.05, 4.69) is 5.32 Å². The Kier molecular flexibility index (Phi) is 1.88. The Morgan fingerprint density at radius 1 is 1.55 bits per heavy atom. The zero-order valence-electron chi connectivity index (χ0n) is 6.07. The highest BCUT2D eigenvalue weighted by molar-refractivity contribution is 5.01. The first-order valence-corrected chi connectivity index (χ1v) is 3.38. The van der Waals surface area contributed by atoms with Gasteiger partial charge in [0.1, 0.15) is 5.54 Å². The number of aliphatic hydroxyl groups is 1. The van der Waals surface area contributed by atoms with E-state index in [1.54, 1.807) is 0 Å². The summed E-state index contributed by atoms with van der Waals surface area (Å²) in [5.74, 6) is 0. The second-order valence-electron chi connectivity index (χ2n) is 2.93. The predicted molar refractivity (Wildman–Crippen MR) is 33.1 cm³/mol. The largest absolute Gasteiger partial charge is 0.408 e. The molecule has 11 heavy (non-hydrogen) atoms. The van der Waals surface area contributed by atoms with E-state index in [4.69, 9.17) is 5.11 Å². The maximum Gasteiger partial charge on any atom is 0.408 e. The Morgan fingerprint density at radius 2 is 2.09 bits per heavy atom. The quantitative estimate of drug-likeness (QED) is 0.558. The Bertz CT molecular complexity index is 158. The van der Waals surface area contributed by atoms with Crippen LogP contribution in [0.2, 0.25) is 0 Å². The molecule has 2 atom stereocenters. The third-order valence-corrected chi connectivity index (χ3v) is 2.17. The van der Waals surface area contributed by atoms with Gasteiger partial charge in [-0.3, -0.25) is 0 Å². The fourth-order valence-corrected chi connectivity index (χ4v) is 1.16. The van der Waals surface area contributed by atoms with Gasteiger partial charge in [0, 0.05) is 0 Å². The summed E-state index contributed by atoms with van der Waals surface area (Å²) in [6.07, 6.45) is -5.53. The molecule has 2 unspecified atom stereocenters. The summed E-state index contributed by atoms with van der Waals surface area (Å²) in [7, 11) is 0. The van der Waals surface area contributed by atoms with Gasteiger partial charge in [-0.05, 0) is 19.9 Å². The van der Waals surface area contributed by atoms with Gasteiger partial charge >= 0.3 is 6.18 Å². The summed E-state index contributed by atoms with van der Waals surface area (Å²) in [6.45, 7) is 1.20. The van der Waals surface area contributed by atoms with Crippen LogP contribution in [0.25, 0.3) is 0 Å². The van der Waals surface area contributed by atoms with Crippen LogP contribution in [-0.4, -0.2) is 29.5 Å². The molecule has 5 heteroatoms. The lowest BCUT2D eigenvalue weighted by atomic mass is 9.97. The molecule has 0 radical (unpaired) electrons. The van der Waals surface area contributed by atoms with Crippen LogP contribution in [0.4, 0.5) is 13.2 Å². The number of rotatable bonds is 0. The Labute approximate surface area is 62.4 Å². The van der Waals surface area contributed by atoms with Gasteiger partial charge in [0.2, 0.25) is 0 Å². The SMILES string of the molecule is CC1(C(F)(F)F)NCCC1O. The first kappa shape index (κ1) is 8.80. The Morgan fingerprint density at radius 3 is 2.27 bits per heavy atom. The summed E-state index contributed by atoms with van der Waals surface area (Å²) in [5.41, 5.74) is -2.10. The highest BCUT2D eigenvalue weighted by Crippen LogP contribution is 2.36. The van der Waals surface area contributed by atoms with Crippen LogP contribution in [0.15, 0.2) is 0 Å². The maximum atomic E-state index is 12.2. The second kappa shape index (κ2) is 2.35. The number of hydrogen-bond acceptors (Lipinski definition) is 2. The van der Waals surface area contributed by atoms with Gasteiger partial charge < -0.3 is 10.4 Å². The second-order valence-corrected chi connectivity index (χ2v) is 2.93. The van der Waals surface area contributed by atoms with Gasteiger partial charge in [0.25, 0.3) is 0 Å². The first-order valence-electron chi connectivity index (χ1n) is 3.38. The standard InChI is InChI=1S/C6H10F3NO/c1-5(6(7,8)9)4(11)2-3-10-5/h4,10-11H,2-3H2,1H3. The molecule has 1 fully saturated rings. The molecule has 2 N–H and O–H groups in total. The molecule has 1 aliphatic heterocycles. The van der Waals surface area contributed by atoms with E-state index in [0.29, 0.717) is 0 Å². The van der Waals surface area contributed by atoms with Gasteiger partial charge in [-0.25, -0.2) is 0 Å². The minimum absolute atomic E-state index is 0.163. The maximum absolute atomic E-state index is 12.2. The average molecular weight is 169 g/mol. The minimum atomic E-state index is -4.37. The molecule has 66 valence electrons. The van der Waals surface area contributed by atoms with Crippen molar-refractivity contribution in [1.82, 2.24) is 5.32 Å². The van der Waals surface area contributed by atoms with Crippen molar-refractivity contribution in [3.05, 3.63) is 0 Å². The van der Waals surface area contributed by atoms with Gasteiger partial charge in [-0.1, -0.05) is 0 Å². The van der Waals surface area contributed by atoms with Gasteiger partial charge in [0.05, 0.1) is 6.10 Å².